The highest BCUT2D eigenvalue weighted by Crippen LogP contribution is 2.47. The fourth-order valence-electron chi connectivity index (χ4n) is 11.0. The van der Waals surface area contributed by atoms with Crippen molar-refractivity contribution in [3.05, 3.63) is 48.6 Å². The van der Waals surface area contributed by atoms with Crippen molar-refractivity contribution in [2.45, 2.75) is 251 Å². The zero-order valence-corrected chi connectivity index (χ0v) is 54.8. The summed E-state index contributed by atoms with van der Waals surface area (Å²) in [7, 11) is 0.241. The lowest BCUT2D eigenvalue weighted by atomic mass is 9.75. The summed E-state index contributed by atoms with van der Waals surface area (Å²) < 4.78 is 70.7. The van der Waals surface area contributed by atoms with Gasteiger partial charge in [0, 0.05) is 33.8 Å². The molecule has 14 atom stereocenters. The van der Waals surface area contributed by atoms with E-state index in [-0.39, 0.29) is 82.9 Å². The number of methoxy groups -OCH3 is 3. The van der Waals surface area contributed by atoms with Crippen LogP contribution in [0, 0.1) is 29.6 Å². The maximum atomic E-state index is 14.7. The van der Waals surface area contributed by atoms with Crippen molar-refractivity contribution in [3.8, 4) is 11.5 Å². The molecular weight excluding hydrogens is 1050 g/mol. The molecule has 2 saturated heterocycles. The first-order valence-electron chi connectivity index (χ1n) is 30.1. The van der Waals surface area contributed by atoms with Gasteiger partial charge in [-0.15, -0.1) is 0 Å². The molecule has 1 amide bonds. The van der Waals surface area contributed by atoms with Crippen molar-refractivity contribution in [1.82, 2.24) is 4.90 Å². The monoisotopic (exact) mass is 1160 g/mol. The lowest BCUT2D eigenvalue weighted by Crippen LogP contribution is -2.69. The molecule has 17 heteroatoms. The van der Waals surface area contributed by atoms with Gasteiger partial charge in [0.15, 0.2) is 34.7 Å². The van der Waals surface area contributed by atoms with E-state index >= 15 is 0 Å². The summed E-state index contributed by atoms with van der Waals surface area (Å²) in [5, 5.41) is -0.0442. The van der Waals surface area contributed by atoms with Crippen LogP contribution in [0.4, 0.5) is 0 Å². The molecule has 0 N–H and O–H groups in total. The Labute approximate surface area is 484 Å². The van der Waals surface area contributed by atoms with E-state index in [2.05, 4.69) is 113 Å². The molecule has 4 aliphatic rings. The molecule has 3 heterocycles. The molecular formula is C63H107NO14Si2. The van der Waals surface area contributed by atoms with Gasteiger partial charge in [-0.25, -0.2) is 4.79 Å². The van der Waals surface area contributed by atoms with Crippen LogP contribution in [-0.2, 0) is 56.4 Å². The minimum atomic E-state index is -2.28. The van der Waals surface area contributed by atoms with Crippen molar-refractivity contribution >= 4 is 34.5 Å². The highest BCUT2D eigenvalue weighted by Gasteiger charge is 2.60. The average molecular weight is 1160 g/mol. The van der Waals surface area contributed by atoms with Gasteiger partial charge in [0.25, 0.3) is 5.91 Å². The molecule has 0 spiro atoms. The van der Waals surface area contributed by atoms with Gasteiger partial charge >= 0.3 is 11.9 Å². The average Bonchev–Trinajstić information content (AvgIpc) is 3.45. The summed E-state index contributed by atoms with van der Waals surface area (Å²) in [6.07, 6.45) is 15.4. The van der Waals surface area contributed by atoms with Crippen molar-refractivity contribution in [2.75, 3.05) is 41.3 Å². The second-order valence-electron chi connectivity index (χ2n) is 26.9. The number of fused-ring (bicyclic) bond motifs is 3. The number of cyclic esters (lactones) is 1. The van der Waals surface area contributed by atoms with E-state index in [1.54, 1.807) is 50.5 Å². The van der Waals surface area contributed by atoms with E-state index in [0.29, 0.717) is 45.1 Å². The number of para-hydroxylation sites is 2. The Morgan fingerprint density at radius 3 is 2.00 bits per heavy atom. The van der Waals surface area contributed by atoms with E-state index in [1.165, 1.54) is 0 Å². The lowest BCUT2D eigenvalue weighted by molar-refractivity contribution is -0.461. The van der Waals surface area contributed by atoms with Gasteiger partial charge < -0.3 is 56.4 Å². The number of allylic oxidation sites excluding steroid dienone is 3. The van der Waals surface area contributed by atoms with Crippen LogP contribution in [0.1, 0.15) is 160 Å². The van der Waals surface area contributed by atoms with Gasteiger partial charge in [0.2, 0.25) is 11.6 Å². The second-order valence-corrected chi connectivity index (χ2v) is 36.5. The van der Waals surface area contributed by atoms with E-state index in [0.717, 1.165) is 38.5 Å². The number of carbonyl (C=O) groups excluding carboxylic acids is 3. The maximum Gasteiger partial charge on any atom is 0.329 e. The number of benzene rings is 1. The minimum Gasteiger partial charge on any atom is -0.480 e. The number of hydrogen-bond acceptors (Lipinski definition) is 14. The predicted octanol–water partition coefficient (Wildman–Crippen LogP) is 13.4. The van der Waals surface area contributed by atoms with Crippen molar-refractivity contribution < 1.29 is 65.9 Å². The van der Waals surface area contributed by atoms with Gasteiger partial charge in [0.1, 0.15) is 25.0 Å². The standard InChI is InChI=1S/C63H107NO14Si2/c1-43-28-22-20-21-23-30-50(77-79(16,17)60(5,6)7)46(4)51(78-80(18,19)61(8,9)10)37-34-44(2)58(66)74-53-32-25-24-31-52(53)71-41-55(65)64-39-27-26-29-48(64)59(67)73-49(36-33-43)45(3)40-47-35-38-54-57(56(47)72-42-68-13)76-63(12,70-15)62(11,69-14)75-54/h22-25,28,30-32,43-51,54,56-57H,20-21,26-27,29,33-42H2,1-19H3/b28-22+,30-23-/t43-,44-,45-,46+,47+,48+,49+,50+,51-,54-,56+,57+,62+,63+/m1/s1. The minimum absolute atomic E-state index is 0.00343. The summed E-state index contributed by atoms with van der Waals surface area (Å²) >= 11 is 0. The third kappa shape index (κ3) is 17.6. The molecule has 1 aromatic carbocycles. The van der Waals surface area contributed by atoms with Gasteiger partial charge in [-0.3, -0.25) is 9.59 Å². The molecule has 1 aliphatic carbocycles. The van der Waals surface area contributed by atoms with Crippen LogP contribution in [0.25, 0.3) is 0 Å². The molecule has 0 bridgehead atoms. The highest BCUT2D eigenvalue weighted by atomic mass is 28.4. The maximum absolute atomic E-state index is 14.7. The van der Waals surface area contributed by atoms with Crippen LogP contribution >= 0.6 is 0 Å². The molecule has 5 rings (SSSR count). The van der Waals surface area contributed by atoms with Crippen molar-refractivity contribution in [3.63, 3.8) is 0 Å². The van der Waals surface area contributed by atoms with Gasteiger partial charge in [0.05, 0.1) is 30.3 Å². The molecule has 80 heavy (non-hydrogen) atoms. The Morgan fingerprint density at radius 1 is 0.738 bits per heavy atom. The number of piperidine rings is 1. The van der Waals surface area contributed by atoms with Crippen LogP contribution < -0.4 is 9.47 Å². The van der Waals surface area contributed by atoms with Gasteiger partial charge in [-0.1, -0.05) is 106 Å². The van der Waals surface area contributed by atoms with E-state index in [1.807, 2.05) is 20.8 Å². The summed E-state index contributed by atoms with van der Waals surface area (Å²) in [4.78, 5) is 44.6. The molecule has 0 unspecified atom stereocenters. The smallest absolute Gasteiger partial charge is 0.329 e. The topological polar surface area (TPSA) is 156 Å². The zero-order chi connectivity index (χ0) is 59.4. The molecule has 3 aliphatic heterocycles. The van der Waals surface area contributed by atoms with Crippen LogP contribution in [0.15, 0.2) is 48.6 Å². The normalized spacial score (nSPS) is 34.1. The Morgan fingerprint density at radius 2 is 1.36 bits per heavy atom. The molecule has 0 radical (unpaired) electrons. The summed E-state index contributed by atoms with van der Waals surface area (Å²) in [6.45, 7) is 35.1. The third-order valence-electron chi connectivity index (χ3n) is 18.9. The van der Waals surface area contributed by atoms with Crippen molar-refractivity contribution in [2.24, 2.45) is 29.6 Å². The first kappa shape index (κ1) is 67.8. The van der Waals surface area contributed by atoms with Crippen LogP contribution in [0.2, 0.25) is 36.3 Å². The Bertz CT molecular complexity index is 2190. The number of amides is 1. The Balaban J connectivity index is 1.47. The number of nitrogens with zero attached hydrogens (tertiary/aromatic N) is 1. The number of rotatable bonds is 12. The summed E-state index contributed by atoms with van der Waals surface area (Å²) in [6, 6.07) is 6.15. The largest absolute Gasteiger partial charge is 0.480 e. The first-order chi connectivity index (χ1) is 37.4. The second kappa shape index (κ2) is 29.2. The first-order valence-corrected chi connectivity index (χ1v) is 35.9. The molecule has 15 nitrogen and oxygen atoms in total. The molecule has 0 aromatic heterocycles. The summed E-state index contributed by atoms with van der Waals surface area (Å²) in [5.41, 5.74) is 0. The number of ether oxygens (including phenoxy) is 9. The van der Waals surface area contributed by atoms with Crippen LogP contribution in [0.5, 0.6) is 11.5 Å². The summed E-state index contributed by atoms with van der Waals surface area (Å²) in [5.74, 6) is -3.40. The molecule has 3 fully saturated rings. The molecule has 1 saturated carbocycles. The van der Waals surface area contributed by atoms with E-state index in [9.17, 15) is 14.4 Å². The predicted molar refractivity (Wildman–Crippen MR) is 318 cm³/mol. The highest BCUT2D eigenvalue weighted by molar-refractivity contribution is 6.74. The van der Waals surface area contributed by atoms with Crippen molar-refractivity contribution in [1.29, 1.82) is 0 Å². The van der Waals surface area contributed by atoms with Gasteiger partial charge in [-0.05, 0) is 157 Å². The van der Waals surface area contributed by atoms with E-state index < -0.39 is 70.4 Å². The SMILES string of the molecule is COCO[C@H]1[C@H](C[C@@H](C)[C@@H]2CC[C@H](C)/C=C/CC/C=C\[C@H](O[Si](C)(C)C(C)(C)C)[C@H](C)[C@H](O[Si](C)(C)C(C)(C)C)CC[C@@H](C)C(=O)Oc3ccccc3OCC(=O)N3CCCC[C@H]3C(=O)O2)CC[C@H]2O[C@](C)(OC)[C@@](C)(OC)O[C@H]12. The number of esters is 2. The fourth-order valence-corrected chi connectivity index (χ4v) is 13.8. The third-order valence-corrected chi connectivity index (χ3v) is 27.8. The quantitative estimate of drug-likeness (QED) is 0.0640. The Kier molecular flexibility index (Phi) is 24.8. The lowest BCUT2D eigenvalue weighted by Gasteiger charge is -2.56. The number of carbonyl (C=O) groups is 3. The van der Waals surface area contributed by atoms with Gasteiger partial charge in [-0.2, -0.15) is 0 Å². The van der Waals surface area contributed by atoms with Crippen LogP contribution in [0.3, 0.4) is 0 Å². The Hall–Kier alpha value is -2.98. The molecule has 456 valence electrons. The fraction of sp³-hybridized carbons (Fsp3) is 0.794. The number of hydrogen-bond donors (Lipinski definition) is 0. The zero-order valence-electron chi connectivity index (χ0n) is 52.8. The molecule has 1 aromatic rings. The van der Waals surface area contributed by atoms with Crippen LogP contribution in [-0.4, -0.2) is 135 Å². The van der Waals surface area contributed by atoms with E-state index in [4.69, 9.17) is 51.5 Å².